The molecule has 6 rings (SSSR count). The van der Waals surface area contributed by atoms with Crippen LogP contribution < -0.4 is 15.5 Å². The molecule has 0 aliphatic carbocycles. The number of anilines is 1. The van der Waals surface area contributed by atoms with Crippen molar-refractivity contribution >= 4 is 32.5 Å². The summed E-state index contributed by atoms with van der Waals surface area (Å²) < 4.78 is 23.6. The summed E-state index contributed by atoms with van der Waals surface area (Å²) in [5.74, 6) is 0.541. The van der Waals surface area contributed by atoms with Crippen molar-refractivity contribution in [2.45, 2.75) is 24.3 Å². The van der Waals surface area contributed by atoms with Crippen LogP contribution in [0.25, 0.3) is 22.3 Å². The Morgan fingerprint density at radius 3 is 2.56 bits per heavy atom. The van der Waals surface area contributed by atoms with Gasteiger partial charge in [-0.3, -0.25) is 14.8 Å². The van der Waals surface area contributed by atoms with Crippen LogP contribution in [0.15, 0.2) is 66.0 Å². The molecule has 1 amide bonds. The van der Waals surface area contributed by atoms with Crippen LogP contribution in [0.2, 0.25) is 0 Å². The van der Waals surface area contributed by atoms with Crippen molar-refractivity contribution in [2.24, 2.45) is 5.41 Å². The zero-order valence-electron chi connectivity index (χ0n) is 21.6. The monoisotopic (exact) mass is 543 g/mol. The number of fused-ring (bicyclic) bond motifs is 1. The van der Waals surface area contributed by atoms with Crippen LogP contribution >= 0.6 is 0 Å². The molecule has 4 aromatic heterocycles. The third-order valence-corrected chi connectivity index (χ3v) is 8.69. The van der Waals surface area contributed by atoms with E-state index in [4.69, 9.17) is 9.97 Å². The first kappa shape index (κ1) is 25.3. The molecule has 0 aromatic carbocycles. The number of nitrogens with zero attached hydrogens (tertiary/aromatic N) is 5. The van der Waals surface area contributed by atoms with Crippen LogP contribution in [0.3, 0.4) is 0 Å². The van der Waals surface area contributed by atoms with E-state index in [0.717, 1.165) is 60.5 Å². The summed E-state index contributed by atoms with van der Waals surface area (Å²) in [6, 6.07) is 13.1. The predicted octanol–water partition coefficient (Wildman–Crippen LogP) is 2.61. The highest BCUT2D eigenvalue weighted by Gasteiger charge is 2.39. The van der Waals surface area contributed by atoms with Crippen LogP contribution in [-0.2, 0) is 16.4 Å². The predicted molar refractivity (Wildman–Crippen MR) is 148 cm³/mol. The molecule has 0 atom stereocenters. The third kappa shape index (κ3) is 5.32. The van der Waals surface area contributed by atoms with E-state index in [2.05, 4.69) is 31.6 Å². The minimum Gasteiger partial charge on any atom is -0.357 e. The Balaban J connectivity index is 1.17. The fourth-order valence-corrected chi connectivity index (χ4v) is 5.69. The Hall–Kier alpha value is -3.96. The molecule has 11 heteroatoms. The highest BCUT2D eigenvalue weighted by atomic mass is 32.2. The molecule has 0 radical (unpaired) electrons. The molecule has 0 bridgehead atoms. The molecule has 1 spiro atoms. The average Bonchev–Trinajstić information content (AvgIpc) is 2.94. The van der Waals surface area contributed by atoms with Gasteiger partial charge in [-0.05, 0) is 54.7 Å². The molecular formula is C28H29N7O3S. The Morgan fingerprint density at radius 2 is 1.82 bits per heavy atom. The van der Waals surface area contributed by atoms with Gasteiger partial charge in [0.2, 0.25) is 0 Å². The summed E-state index contributed by atoms with van der Waals surface area (Å²) >= 11 is 0. The number of nitrogens with one attached hydrogen (secondary N) is 2. The van der Waals surface area contributed by atoms with Gasteiger partial charge in [-0.2, -0.15) is 0 Å². The van der Waals surface area contributed by atoms with E-state index in [0.29, 0.717) is 11.1 Å². The Morgan fingerprint density at radius 1 is 1.03 bits per heavy atom. The summed E-state index contributed by atoms with van der Waals surface area (Å²) in [6.45, 7) is 4.44. The maximum absolute atomic E-state index is 12.6. The van der Waals surface area contributed by atoms with Crippen LogP contribution in [0.5, 0.6) is 0 Å². The fraction of sp³-hybridized carbons (Fsp3) is 0.321. The molecule has 2 saturated heterocycles. The van der Waals surface area contributed by atoms with Gasteiger partial charge in [0.25, 0.3) is 5.91 Å². The summed E-state index contributed by atoms with van der Waals surface area (Å²) in [6.07, 6.45) is 7.73. The van der Waals surface area contributed by atoms with Crippen LogP contribution in [-0.4, -0.2) is 66.7 Å². The molecule has 10 nitrogen and oxygen atoms in total. The number of hydrogen-bond donors (Lipinski definition) is 2. The van der Waals surface area contributed by atoms with Crippen molar-refractivity contribution in [3.05, 3.63) is 72.3 Å². The van der Waals surface area contributed by atoms with E-state index >= 15 is 0 Å². The molecule has 0 saturated carbocycles. The van der Waals surface area contributed by atoms with Crippen molar-refractivity contribution in [1.82, 2.24) is 30.6 Å². The normalized spacial score (nSPS) is 16.7. The summed E-state index contributed by atoms with van der Waals surface area (Å²) in [7, 11) is -3.46. The standard InChI is InChI=1S/C28H29N7O3S/c1-39(37,38)22-11-20(13-29-16-22)27(36)32-15-21-12-25-19(14-31-21)5-6-24(33-25)23-3-2-4-26(34-23)35-9-7-28(8-10-35)17-30-18-28/h2-6,11-14,16,30H,7-10,15,17-18H2,1H3,(H,32,36). The molecular weight excluding hydrogens is 514 g/mol. The van der Waals surface area contributed by atoms with Crippen LogP contribution in [0, 0.1) is 5.41 Å². The van der Waals surface area contributed by atoms with E-state index in [-0.39, 0.29) is 17.0 Å². The van der Waals surface area contributed by atoms with E-state index < -0.39 is 15.7 Å². The number of piperidine rings is 1. The topological polar surface area (TPSA) is 130 Å². The van der Waals surface area contributed by atoms with Gasteiger partial charge in [-0.1, -0.05) is 6.07 Å². The van der Waals surface area contributed by atoms with Crippen LogP contribution in [0.1, 0.15) is 28.9 Å². The number of hydrogen-bond acceptors (Lipinski definition) is 9. The Bertz CT molecular complexity index is 1660. The summed E-state index contributed by atoms with van der Waals surface area (Å²) in [5.41, 5.74) is 3.60. The van der Waals surface area contributed by atoms with E-state index in [1.54, 1.807) is 6.20 Å². The molecule has 200 valence electrons. The molecule has 2 aliphatic rings. The molecule has 2 aliphatic heterocycles. The number of amides is 1. The van der Waals surface area contributed by atoms with Gasteiger partial charge >= 0.3 is 0 Å². The van der Waals surface area contributed by atoms with Crippen molar-refractivity contribution in [3.8, 4) is 11.4 Å². The molecule has 2 fully saturated rings. The SMILES string of the molecule is CS(=O)(=O)c1cncc(C(=O)NCc2cc3nc(-c4cccc(N5CCC6(CC5)CNC6)n4)ccc3cn2)c1. The number of sulfone groups is 1. The largest absolute Gasteiger partial charge is 0.357 e. The van der Waals surface area contributed by atoms with E-state index in [1.165, 1.54) is 31.3 Å². The van der Waals surface area contributed by atoms with Gasteiger partial charge < -0.3 is 15.5 Å². The summed E-state index contributed by atoms with van der Waals surface area (Å²) in [4.78, 5) is 33.1. The lowest BCUT2D eigenvalue weighted by Crippen LogP contribution is -2.58. The lowest BCUT2D eigenvalue weighted by atomic mass is 9.73. The van der Waals surface area contributed by atoms with Crippen molar-refractivity contribution in [2.75, 3.05) is 37.3 Å². The minimum atomic E-state index is -3.46. The van der Waals surface area contributed by atoms with Gasteiger partial charge in [0, 0.05) is 56.4 Å². The number of aromatic nitrogens is 4. The zero-order valence-corrected chi connectivity index (χ0v) is 22.4. The van der Waals surface area contributed by atoms with E-state index in [1.807, 2.05) is 30.3 Å². The molecule has 6 heterocycles. The first-order chi connectivity index (χ1) is 18.8. The number of pyridine rings is 4. The van der Waals surface area contributed by atoms with Crippen molar-refractivity contribution in [3.63, 3.8) is 0 Å². The quantitative estimate of drug-likeness (QED) is 0.377. The highest BCUT2D eigenvalue weighted by Crippen LogP contribution is 2.36. The second-order valence-corrected chi connectivity index (χ2v) is 12.4. The molecule has 2 N–H and O–H groups in total. The van der Waals surface area contributed by atoms with Gasteiger partial charge in [-0.25, -0.2) is 18.4 Å². The first-order valence-electron chi connectivity index (χ1n) is 12.9. The van der Waals surface area contributed by atoms with Gasteiger partial charge in [0.1, 0.15) is 5.82 Å². The van der Waals surface area contributed by atoms with E-state index in [9.17, 15) is 13.2 Å². The minimum absolute atomic E-state index is 0.00624. The van der Waals surface area contributed by atoms with Crippen LogP contribution in [0.4, 0.5) is 5.82 Å². The second-order valence-electron chi connectivity index (χ2n) is 10.4. The van der Waals surface area contributed by atoms with Gasteiger partial charge in [0.15, 0.2) is 9.84 Å². The zero-order chi connectivity index (χ0) is 27.0. The first-order valence-corrected chi connectivity index (χ1v) is 14.8. The second kappa shape index (κ2) is 9.97. The number of carbonyl (C=O) groups excluding carboxylic acids is 1. The molecule has 0 unspecified atom stereocenters. The number of rotatable bonds is 6. The number of carbonyl (C=O) groups is 1. The fourth-order valence-electron chi connectivity index (χ4n) is 5.10. The van der Waals surface area contributed by atoms with Crippen molar-refractivity contribution in [1.29, 1.82) is 0 Å². The Kier molecular flexibility index (Phi) is 6.48. The lowest BCUT2D eigenvalue weighted by Gasteiger charge is -2.48. The third-order valence-electron chi connectivity index (χ3n) is 7.61. The lowest BCUT2D eigenvalue weighted by molar-refractivity contribution is 0.0950. The van der Waals surface area contributed by atoms with Gasteiger partial charge in [0.05, 0.1) is 39.6 Å². The summed E-state index contributed by atoms with van der Waals surface area (Å²) in [5, 5.41) is 7.07. The maximum atomic E-state index is 12.6. The van der Waals surface area contributed by atoms with Crippen molar-refractivity contribution < 1.29 is 13.2 Å². The molecule has 4 aromatic rings. The smallest absolute Gasteiger partial charge is 0.253 e. The average molecular weight is 544 g/mol. The maximum Gasteiger partial charge on any atom is 0.253 e. The molecule has 39 heavy (non-hydrogen) atoms. The highest BCUT2D eigenvalue weighted by molar-refractivity contribution is 7.90. The Labute approximate surface area is 226 Å². The van der Waals surface area contributed by atoms with Gasteiger partial charge in [-0.15, -0.1) is 0 Å².